The molecule has 1 aromatic heterocycles. The Morgan fingerprint density at radius 2 is 0.594 bits per heavy atom. The summed E-state index contributed by atoms with van der Waals surface area (Å²) in [5, 5.41) is 0. The topological polar surface area (TPSA) is 38.7 Å². The molecule has 302 valence electrons. The summed E-state index contributed by atoms with van der Waals surface area (Å²) < 4.78 is 0. The van der Waals surface area contributed by atoms with Crippen LogP contribution >= 0.6 is 0 Å². The quantitative estimate of drug-likeness (QED) is 0.168. The average molecular weight is 818 g/mol. The minimum absolute atomic E-state index is 0.211. The van der Waals surface area contributed by atoms with E-state index in [4.69, 9.17) is 15.0 Å². The Kier molecular flexibility index (Phi) is 8.74. The molecule has 1 heterocycles. The monoisotopic (exact) mass is 817 g/mol. The fourth-order valence-electron chi connectivity index (χ4n) is 10.6. The summed E-state index contributed by atoms with van der Waals surface area (Å²) in [6.45, 7) is 4.76. The molecule has 0 unspecified atom stereocenters. The predicted octanol–water partition coefficient (Wildman–Crippen LogP) is 14.9. The maximum Gasteiger partial charge on any atom is 0.164 e. The van der Waals surface area contributed by atoms with E-state index in [1.165, 1.54) is 44.5 Å². The second-order valence-corrected chi connectivity index (χ2v) is 17.6. The van der Waals surface area contributed by atoms with Crippen LogP contribution in [0.25, 0.3) is 78.7 Å². The van der Waals surface area contributed by atoms with Crippen molar-refractivity contribution in [1.82, 2.24) is 15.0 Å². The molecule has 10 aromatic rings. The highest BCUT2D eigenvalue weighted by Gasteiger charge is 2.53. The van der Waals surface area contributed by atoms with Gasteiger partial charge in [-0.1, -0.05) is 214 Å². The van der Waals surface area contributed by atoms with Gasteiger partial charge in [0, 0.05) is 22.1 Å². The lowest BCUT2D eigenvalue weighted by atomic mass is 9.55. The molecular formula is C61H43N3. The van der Waals surface area contributed by atoms with Crippen molar-refractivity contribution in [1.29, 1.82) is 0 Å². The van der Waals surface area contributed by atoms with Crippen LogP contribution in [0.4, 0.5) is 0 Å². The van der Waals surface area contributed by atoms with E-state index >= 15 is 0 Å². The van der Waals surface area contributed by atoms with Gasteiger partial charge in [-0.05, 0) is 102 Å². The van der Waals surface area contributed by atoms with Crippen LogP contribution in [-0.4, -0.2) is 15.0 Å². The molecule has 0 saturated carbocycles. The summed E-state index contributed by atoms with van der Waals surface area (Å²) in [5.41, 5.74) is 19.6. The SMILES string of the molecule is CC1(C)c2ccccc2C2(c3ccccc3-c3ccccc32)c2cc(-c3cccc(-c4nc(-c5cccc(-c6ccccc6)c5)nc(-c5cccc(-c6ccccc6)c5)n4)c3)ccc21. The van der Waals surface area contributed by atoms with Crippen molar-refractivity contribution in [2.75, 3.05) is 0 Å². The predicted molar refractivity (Wildman–Crippen MR) is 262 cm³/mol. The molecule has 1 spiro atoms. The smallest absolute Gasteiger partial charge is 0.164 e. The Balaban J connectivity index is 1.03. The van der Waals surface area contributed by atoms with Crippen LogP contribution in [0.15, 0.2) is 224 Å². The van der Waals surface area contributed by atoms with Crippen LogP contribution in [0.5, 0.6) is 0 Å². The summed E-state index contributed by atoms with van der Waals surface area (Å²) in [7, 11) is 0. The number of aromatic nitrogens is 3. The third-order valence-corrected chi connectivity index (χ3v) is 13.6. The van der Waals surface area contributed by atoms with Gasteiger partial charge in [-0.2, -0.15) is 0 Å². The Bertz CT molecular complexity index is 3270. The third kappa shape index (κ3) is 5.92. The molecule has 2 aliphatic carbocycles. The lowest BCUT2D eigenvalue weighted by Gasteiger charge is -2.46. The van der Waals surface area contributed by atoms with Crippen molar-refractivity contribution >= 4 is 0 Å². The fourth-order valence-corrected chi connectivity index (χ4v) is 10.6. The molecule has 9 aromatic carbocycles. The standard InChI is InChI=1S/C61H43N3/c1-60(2)53-32-13-14-33-55(53)61(51-30-11-9-28-49(51)50-29-10-12-31-52(50)61)56-39-45(34-35-54(56)60)44-24-17-27-48(38-44)59-63-57(46-25-15-22-42(36-46)40-18-5-3-6-19-40)62-58(64-59)47-26-16-23-43(37-47)41-20-7-4-8-21-41/h3-39H,1-2H3. The minimum atomic E-state index is -0.469. The number of rotatable bonds is 6. The molecule has 0 fully saturated rings. The molecular weight excluding hydrogens is 775 g/mol. The van der Waals surface area contributed by atoms with Crippen LogP contribution in [0, 0.1) is 0 Å². The number of fused-ring (bicyclic) bond motifs is 9. The van der Waals surface area contributed by atoms with Gasteiger partial charge in [0.05, 0.1) is 5.41 Å². The van der Waals surface area contributed by atoms with Gasteiger partial charge in [0.1, 0.15) is 0 Å². The van der Waals surface area contributed by atoms with Crippen LogP contribution in [0.1, 0.15) is 47.2 Å². The van der Waals surface area contributed by atoms with Crippen LogP contribution in [0.2, 0.25) is 0 Å². The van der Waals surface area contributed by atoms with Gasteiger partial charge in [0.25, 0.3) is 0 Å². The maximum atomic E-state index is 5.25. The second-order valence-electron chi connectivity index (χ2n) is 17.6. The second kappa shape index (κ2) is 14.8. The first kappa shape index (κ1) is 37.7. The van der Waals surface area contributed by atoms with Gasteiger partial charge in [0.2, 0.25) is 0 Å². The highest BCUT2D eigenvalue weighted by molar-refractivity contribution is 5.89. The first-order valence-corrected chi connectivity index (χ1v) is 22.1. The average Bonchev–Trinajstić information content (AvgIpc) is 3.67. The Morgan fingerprint density at radius 3 is 1.08 bits per heavy atom. The van der Waals surface area contributed by atoms with E-state index in [1.807, 2.05) is 12.1 Å². The molecule has 12 rings (SSSR count). The van der Waals surface area contributed by atoms with E-state index in [0.29, 0.717) is 17.5 Å². The molecule has 64 heavy (non-hydrogen) atoms. The molecule has 0 saturated heterocycles. The summed E-state index contributed by atoms with van der Waals surface area (Å²) in [6, 6.07) is 81.0. The van der Waals surface area contributed by atoms with Gasteiger partial charge in [-0.3, -0.25) is 0 Å². The van der Waals surface area contributed by atoms with E-state index in [0.717, 1.165) is 50.1 Å². The van der Waals surface area contributed by atoms with Crippen LogP contribution < -0.4 is 0 Å². The van der Waals surface area contributed by atoms with E-state index in [9.17, 15) is 0 Å². The van der Waals surface area contributed by atoms with Crippen molar-refractivity contribution < 1.29 is 0 Å². The fraction of sp³-hybridized carbons (Fsp3) is 0.0656. The van der Waals surface area contributed by atoms with Crippen molar-refractivity contribution in [3.8, 4) is 78.7 Å². The molecule has 0 aliphatic heterocycles. The lowest BCUT2D eigenvalue weighted by molar-refractivity contribution is 0.563. The van der Waals surface area contributed by atoms with Crippen molar-refractivity contribution in [2.24, 2.45) is 0 Å². The summed E-state index contributed by atoms with van der Waals surface area (Å²) in [4.78, 5) is 15.7. The zero-order valence-electron chi connectivity index (χ0n) is 35.7. The maximum absolute atomic E-state index is 5.25. The summed E-state index contributed by atoms with van der Waals surface area (Å²) >= 11 is 0. The van der Waals surface area contributed by atoms with Gasteiger partial charge in [-0.15, -0.1) is 0 Å². The lowest BCUT2D eigenvalue weighted by Crippen LogP contribution is -2.40. The molecule has 0 amide bonds. The number of hydrogen-bond donors (Lipinski definition) is 0. The third-order valence-electron chi connectivity index (χ3n) is 13.6. The molecule has 3 heteroatoms. The van der Waals surface area contributed by atoms with Crippen molar-refractivity contribution in [3.05, 3.63) is 258 Å². The Labute approximate surface area is 374 Å². The highest BCUT2D eigenvalue weighted by atomic mass is 15.0. The molecule has 0 radical (unpaired) electrons. The molecule has 2 aliphatic rings. The van der Waals surface area contributed by atoms with E-state index in [1.54, 1.807) is 0 Å². The molecule has 0 N–H and O–H groups in total. The Hall–Kier alpha value is -8.01. The molecule has 3 nitrogen and oxygen atoms in total. The van der Waals surface area contributed by atoms with Gasteiger partial charge < -0.3 is 0 Å². The first-order chi connectivity index (χ1) is 31.5. The van der Waals surface area contributed by atoms with E-state index < -0.39 is 5.41 Å². The first-order valence-electron chi connectivity index (χ1n) is 22.1. The van der Waals surface area contributed by atoms with Gasteiger partial charge in [-0.25, -0.2) is 15.0 Å². The zero-order valence-corrected chi connectivity index (χ0v) is 35.7. The normalized spacial score (nSPS) is 13.7. The highest BCUT2D eigenvalue weighted by Crippen LogP contribution is 2.62. The van der Waals surface area contributed by atoms with Gasteiger partial charge in [0.15, 0.2) is 17.5 Å². The van der Waals surface area contributed by atoms with Crippen LogP contribution in [-0.2, 0) is 10.8 Å². The van der Waals surface area contributed by atoms with Crippen LogP contribution in [0.3, 0.4) is 0 Å². The number of hydrogen-bond acceptors (Lipinski definition) is 3. The molecule has 0 bridgehead atoms. The number of benzene rings is 9. The minimum Gasteiger partial charge on any atom is -0.208 e. The molecule has 0 atom stereocenters. The summed E-state index contributed by atoms with van der Waals surface area (Å²) in [6.07, 6.45) is 0. The largest absolute Gasteiger partial charge is 0.208 e. The zero-order chi connectivity index (χ0) is 42.8. The van der Waals surface area contributed by atoms with Crippen molar-refractivity contribution in [2.45, 2.75) is 24.7 Å². The Morgan fingerprint density at radius 1 is 0.250 bits per heavy atom. The van der Waals surface area contributed by atoms with E-state index in [-0.39, 0.29) is 5.41 Å². The number of nitrogens with zero attached hydrogens (tertiary/aromatic N) is 3. The van der Waals surface area contributed by atoms with Crippen molar-refractivity contribution in [3.63, 3.8) is 0 Å². The summed E-state index contributed by atoms with van der Waals surface area (Å²) in [5.74, 6) is 1.88. The van der Waals surface area contributed by atoms with Gasteiger partial charge >= 0.3 is 0 Å². The van der Waals surface area contributed by atoms with E-state index in [2.05, 4.69) is 226 Å².